The first-order valence-electron chi connectivity index (χ1n) is 13.5. The van der Waals surface area contributed by atoms with Crippen molar-refractivity contribution in [3.05, 3.63) is 65.7 Å². The van der Waals surface area contributed by atoms with E-state index in [2.05, 4.69) is 16.0 Å². The summed E-state index contributed by atoms with van der Waals surface area (Å²) >= 11 is 0. The van der Waals surface area contributed by atoms with Crippen molar-refractivity contribution in [1.82, 2.24) is 16.0 Å². The molecule has 4 atom stereocenters. The smallest absolute Gasteiger partial charge is 0.246 e. The molecule has 0 aliphatic carbocycles. The van der Waals surface area contributed by atoms with E-state index in [1.165, 1.54) is 14.0 Å². The SMILES string of the molecule is COCCOCC(=O)NC(C)C(=O)NC(Cc1ccc(OC)cc1)C(=O)NC(Cc1ccccc1)C(=O)C1(C)CO1. The Kier molecular flexibility index (Phi) is 11.8. The molecule has 1 aliphatic heterocycles. The minimum atomic E-state index is -1.03. The van der Waals surface area contributed by atoms with Gasteiger partial charge in [-0.2, -0.15) is 0 Å². The molecular formula is C30H39N3O8. The molecule has 3 rings (SSSR count). The van der Waals surface area contributed by atoms with Gasteiger partial charge in [0.25, 0.3) is 0 Å². The Morgan fingerprint density at radius 1 is 0.854 bits per heavy atom. The van der Waals surface area contributed by atoms with Crippen molar-refractivity contribution < 1.29 is 38.1 Å². The zero-order valence-electron chi connectivity index (χ0n) is 23.9. The Labute approximate surface area is 240 Å². The monoisotopic (exact) mass is 569 g/mol. The van der Waals surface area contributed by atoms with Crippen molar-refractivity contribution in [2.75, 3.05) is 40.6 Å². The number of carbonyl (C=O) groups excluding carboxylic acids is 4. The van der Waals surface area contributed by atoms with Gasteiger partial charge in [0.05, 0.1) is 33.0 Å². The normalized spacial score (nSPS) is 18.0. The Morgan fingerprint density at radius 3 is 2.07 bits per heavy atom. The maximum atomic E-state index is 13.6. The van der Waals surface area contributed by atoms with Crippen LogP contribution >= 0.6 is 0 Å². The summed E-state index contributed by atoms with van der Waals surface area (Å²) in [6.07, 6.45) is 0.408. The number of epoxide rings is 1. The van der Waals surface area contributed by atoms with Crippen LogP contribution in [-0.2, 0) is 46.2 Å². The van der Waals surface area contributed by atoms with Crippen molar-refractivity contribution in [2.24, 2.45) is 0 Å². The van der Waals surface area contributed by atoms with Gasteiger partial charge in [0.15, 0.2) is 5.78 Å². The summed E-state index contributed by atoms with van der Waals surface area (Å²) in [7, 11) is 3.08. The minimum Gasteiger partial charge on any atom is -0.497 e. The summed E-state index contributed by atoms with van der Waals surface area (Å²) in [5, 5.41) is 8.15. The Hall–Kier alpha value is -3.80. The number of hydrogen-bond acceptors (Lipinski definition) is 8. The van der Waals surface area contributed by atoms with Crippen LogP contribution in [0.5, 0.6) is 5.75 Å². The molecule has 1 aliphatic rings. The predicted molar refractivity (Wildman–Crippen MR) is 150 cm³/mol. The van der Waals surface area contributed by atoms with Crippen LogP contribution in [0.15, 0.2) is 54.6 Å². The van der Waals surface area contributed by atoms with E-state index >= 15 is 0 Å². The molecule has 1 heterocycles. The summed E-state index contributed by atoms with van der Waals surface area (Å²) in [6.45, 7) is 3.83. The second kappa shape index (κ2) is 15.3. The first kappa shape index (κ1) is 31.7. The Balaban J connectivity index is 1.73. The Morgan fingerprint density at radius 2 is 1.46 bits per heavy atom. The van der Waals surface area contributed by atoms with Gasteiger partial charge in [0, 0.05) is 13.5 Å². The number of methoxy groups -OCH3 is 2. The molecule has 11 heteroatoms. The van der Waals surface area contributed by atoms with Gasteiger partial charge in [-0.05, 0) is 43.5 Å². The highest BCUT2D eigenvalue weighted by molar-refractivity contribution is 5.98. The lowest BCUT2D eigenvalue weighted by atomic mass is 9.94. The molecule has 2 aromatic rings. The number of nitrogens with one attached hydrogen (secondary N) is 3. The fraction of sp³-hybridized carbons (Fsp3) is 0.467. The third-order valence-corrected chi connectivity index (χ3v) is 6.68. The molecule has 0 saturated carbocycles. The molecule has 0 bridgehead atoms. The van der Waals surface area contributed by atoms with Gasteiger partial charge in [-0.1, -0.05) is 42.5 Å². The standard InChI is InChI=1S/C30H39N3O8/c1-20(31-26(34)18-40-15-14-38-3)28(36)33-25(17-22-10-12-23(39-4)13-11-22)29(37)32-24(27(35)30(2)19-41-30)16-21-8-6-5-7-9-21/h5-13,20,24-25H,14-19H2,1-4H3,(H,31,34)(H,32,37)(H,33,36). The van der Waals surface area contributed by atoms with Gasteiger partial charge in [0.2, 0.25) is 17.7 Å². The first-order valence-corrected chi connectivity index (χ1v) is 13.5. The van der Waals surface area contributed by atoms with Crippen molar-refractivity contribution in [3.8, 4) is 5.75 Å². The molecule has 1 fully saturated rings. The second-order valence-electron chi connectivity index (χ2n) is 10.1. The maximum absolute atomic E-state index is 13.6. The number of rotatable bonds is 17. The predicted octanol–water partition coefficient (Wildman–Crippen LogP) is 0.976. The highest BCUT2D eigenvalue weighted by Crippen LogP contribution is 2.29. The first-order chi connectivity index (χ1) is 19.6. The minimum absolute atomic E-state index is 0.141. The number of benzene rings is 2. The topological polar surface area (TPSA) is 145 Å². The summed E-state index contributed by atoms with van der Waals surface area (Å²) in [4.78, 5) is 52.2. The molecule has 0 radical (unpaired) electrons. The molecule has 222 valence electrons. The van der Waals surface area contributed by atoms with Gasteiger partial charge >= 0.3 is 0 Å². The molecule has 41 heavy (non-hydrogen) atoms. The van der Waals surface area contributed by atoms with Crippen LogP contribution in [0.2, 0.25) is 0 Å². The maximum Gasteiger partial charge on any atom is 0.246 e. The van der Waals surface area contributed by atoms with E-state index < -0.39 is 41.4 Å². The van der Waals surface area contributed by atoms with E-state index in [9.17, 15) is 19.2 Å². The number of ether oxygens (including phenoxy) is 4. The van der Waals surface area contributed by atoms with E-state index in [-0.39, 0.29) is 38.4 Å². The average molecular weight is 570 g/mol. The van der Waals surface area contributed by atoms with E-state index in [0.717, 1.165) is 11.1 Å². The zero-order chi connectivity index (χ0) is 29.8. The van der Waals surface area contributed by atoms with Crippen molar-refractivity contribution >= 4 is 23.5 Å². The van der Waals surface area contributed by atoms with E-state index in [0.29, 0.717) is 12.4 Å². The van der Waals surface area contributed by atoms with Gasteiger partial charge in [-0.25, -0.2) is 0 Å². The van der Waals surface area contributed by atoms with Crippen LogP contribution in [0.3, 0.4) is 0 Å². The van der Waals surface area contributed by atoms with Crippen LogP contribution in [0.1, 0.15) is 25.0 Å². The summed E-state index contributed by atoms with van der Waals surface area (Å²) in [5.41, 5.74) is 0.680. The molecule has 2 aromatic carbocycles. The fourth-order valence-electron chi connectivity index (χ4n) is 4.11. The largest absolute Gasteiger partial charge is 0.497 e. The highest BCUT2D eigenvalue weighted by Gasteiger charge is 2.50. The third kappa shape index (κ3) is 9.96. The highest BCUT2D eigenvalue weighted by atomic mass is 16.6. The molecule has 3 N–H and O–H groups in total. The lowest BCUT2D eigenvalue weighted by Gasteiger charge is -2.25. The quantitative estimate of drug-likeness (QED) is 0.189. The third-order valence-electron chi connectivity index (χ3n) is 6.68. The van der Waals surface area contributed by atoms with Gasteiger partial charge in [0.1, 0.15) is 30.0 Å². The van der Waals surface area contributed by atoms with Crippen LogP contribution in [0, 0.1) is 0 Å². The van der Waals surface area contributed by atoms with Gasteiger partial charge < -0.3 is 34.9 Å². The summed E-state index contributed by atoms with van der Waals surface area (Å²) in [5.74, 6) is -1.17. The fourth-order valence-corrected chi connectivity index (χ4v) is 4.11. The van der Waals surface area contributed by atoms with Crippen molar-refractivity contribution in [3.63, 3.8) is 0 Å². The number of Topliss-reactive ketones (excluding diaryl/α,β-unsaturated/α-hetero) is 1. The van der Waals surface area contributed by atoms with Crippen LogP contribution < -0.4 is 20.7 Å². The summed E-state index contributed by atoms with van der Waals surface area (Å²) in [6, 6.07) is 13.6. The Bertz CT molecular complexity index is 1170. The second-order valence-corrected chi connectivity index (χ2v) is 10.1. The lowest BCUT2D eigenvalue weighted by Crippen LogP contribution is -2.57. The number of amides is 3. The van der Waals surface area contributed by atoms with E-state index in [1.807, 2.05) is 30.3 Å². The molecular weight excluding hydrogens is 530 g/mol. The molecule has 1 saturated heterocycles. The number of hydrogen-bond donors (Lipinski definition) is 3. The van der Waals surface area contributed by atoms with Crippen molar-refractivity contribution in [2.45, 2.75) is 50.4 Å². The van der Waals surface area contributed by atoms with Crippen LogP contribution in [-0.4, -0.2) is 87.9 Å². The molecule has 3 amide bonds. The number of carbonyl (C=O) groups is 4. The molecule has 11 nitrogen and oxygen atoms in total. The summed E-state index contributed by atoms with van der Waals surface area (Å²) < 4.78 is 20.7. The lowest BCUT2D eigenvalue weighted by molar-refractivity contribution is -0.134. The van der Waals surface area contributed by atoms with Gasteiger partial charge in [-0.3, -0.25) is 19.2 Å². The van der Waals surface area contributed by atoms with E-state index in [4.69, 9.17) is 18.9 Å². The van der Waals surface area contributed by atoms with Crippen molar-refractivity contribution in [1.29, 1.82) is 0 Å². The van der Waals surface area contributed by atoms with E-state index in [1.54, 1.807) is 38.3 Å². The molecule has 0 spiro atoms. The van der Waals surface area contributed by atoms with Crippen LogP contribution in [0.4, 0.5) is 0 Å². The average Bonchev–Trinajstić information content (AvgIpc) is 3.73. The zero-order valence-corrected chi connectivity index (χ0v) is 23.9. The molecule has 4 unspecified atom stereocenters. The number of ketones is 1. The van der Waals surface area contributed by atoms with Crippen LogP contribution in [0.25, 0.3) is 0 Å². The van der Waals surface area contributed by atoms with Gasteiger partial charge in [-0.15, -0.1) is 0 Å². The molecule has 0 aromatic heterocycles.